The standard InChI is InChI=1S/C17H17BrF2/c1-9-5-10(2)12(4)16(11(9)3)17(18)13-6-14(19)8-15(20)7-13/h5-8,17H,1-4H3. The molecule has 1 atom stereocenters. The molecule has 0 aromatic heterocycles. The molecule has 1 unspecified atom stereocenters. The lowest BCUT2D eigenvalue weighted by Gasteiger charge is -2.20. The van der Waals surface area contributed by atoms with Gasteiger partial charge in [0.1, 0.15) is 11.6 Å². The highest BCUT2D eigenvalue weighted by Crippen LogP contribution is 2.37. The van der Waals surface area contributed by atoms with E-state index in [1.807, 2.05) is 13.8 Å². The molecule has 0 spiro atoms. The van der Waals surface area contributed by atoms with Crippen LogP contribution >= 0.6 is 15.9 Å². The first kappa shape index (κ1) is 15.2. The molecule has 2 rings (SSSR count). The molecule has 0 fully saturated rings. The molecule has 20 heavy (non-hydrogen) atoms. The third kappa shape index (κ3) is 2.78. The number of rotatable bonds is 2. The highest BCUT2D eigenvalue weighted by Gasteiger charge is 2.19. The van der Waals surface area contributed by atoms with Crippen molar-refractivity contribution in [1.29, 1.82) is 0 Å². The first-order chi connectivity index (χ1) is 9.31. The molecule has 0 bridgehead atoms. The van der Waals surface area contributed by atoms with Crippen LogP contribution in [0, 0.1) is 39.3 Å². The van der Waals surface area contributed by atoms with Crippen LogP contribution in [0.1, 0.15) is 38.2 Å². The minimum Gasteiger partial charge on any atom is -0.207 e. The quantitative estimate of drug-likeness (QED) is 0.617. The average molecular weight is 339 g/mol. The van der Waals surface area contributed by atoms with Gasteiger partial charge in [-0.2, -0.15) is 0 Å². The van der Waals surface area contributed by atoms with E-state index in [1.165, 1.54) is 23.3 Å². The molecule has 0 nitrogen and oxygen atoms in total. The van der Waals surface area contributed by atoms with Crippen molar-refractivity contribution in [3.8, 4) is 0 Å². The van der Waals surface area contributed by atoms with Gasteiger partial charge in [0.05, 0.1) is 4.83 Å². The van der Waals surface area contributed by atoms with Gasteiger partial charge in [-0.1, -0.05) is 22.0 Å². The summed E-state index contributed by atoms with van der Waals surface area (Å²) in [5.41, 5.74) is 6.36. The van der Waals surface area contributed by atoms with E-state index in [1.54, 1.807) is 0 Å². The number of hydrogen-bond donors (Lipinski definition) is 0. The Morgan fingerprint density at radius 2 is 1.25 bits per heavy atom. The van der Waals surface area contributed by atoms with Gasteiger partial charge in [-0.05, 0) is 73.2 Å². The number of benzene rings is 2. The first-order valence-corrected chi connectivity index (χ1v) is 7.40. The van der Waals surface area contributed by atoms with E-state index in [2.05, 4.69) is 35.8 Å². The van der Waals surface area contributed by atoms with E-state index in [4.69, 9.17) is 0 Å². The third-order valence-corrected chi connectivity index (χ3v) is 4.84. The summed E-state index contributed by atoms with van der Waals surface area (Å²) in [5, 5.41) is 0. The molecule has 0 aliphatic carbocycles. The number of alkyl halides is 1. The second-order valence-corrected chi connectivity index (χ2v) is 6.16. The Hall–Kier alpha value is -1.22. The predicted octanol–water partition coefficient (Wildman–Crippen LogP) is 5.68. The zero-order valence-corrected chi connectivity index (χ0v) is 13.6. The van der Waals surface area contributed by atoms with E-state index >= 15 is 0 Å². The summed E-state index contributed by atoms with van der Waals surface area (Å²) >= 11 is 3.60. The molecule has 2 aromatic rings. The maximum Gasteiger partial charge on any atom is 0.126 e. The SMILES string of the molecule is Cc1cc(C)c(C)c(C(Br)c2cc(F)cc(F)c2)c1C. The van der Waals surface area contributed by atoms with Gasteiger partial charge in [-0.15, -0.1) is 0 Å². The number of aryl methyl sites for hydroxylation is 2. The summed E-state index contributed by atoms with van der Waals surface area (Å²) in [7, 11) is 0. The Kier molecular flexibility index (Phi) is 4.28. The molecular weight excluding hydrogens is 322 g/mol. The van der Waals surface area contributed by atoms with E-state index in [9.17, 15) is 8.78 Å². The average Bonchev–Trinajstić information content (AvgIpc) is 2.35. The Morgan fingerprint density at radius 3 is 1.70 bits per heavy atom. The van der Waals surface area contributed by atoms with Crippen molar-refractivity contribution in [2.45, 2.75) is 32.5 Å². The van der Waals surface area contributed by atoms with Crippen LogP contribution in [0.2, 0.25) is 0 Å². The first-order valence-electron chi connectivity index (χ1n) is 6.48. The van der Waals surface area contributed by atoms with Crippen LogP contribution in [0.4, 0.5) is 8.78 Å². The Labute approximate surface area is 127 Å². The molecule has 0 saturated heterocycles. The van der Waals surface area contributed by atoms with Gasteiger partial charge in [-0.25, -0.2) is 8.78 Å². The van der Waals surface area contributed by atoms with Gasteiger partial charge in [0, 0.05) is 6.07 Å². The normalized spacial score (nSPS) is 12.6. The second kappa shape index (κ2) is 5.65. The minimum absolute atomic E-state index is 0.216. The molecule has 106 valence electrons. The van der Waals surface area contributed by atoms with Gasteiger partial charge in [0.15, 0.2) is 0 Å². The highest BCUT2D eigenvalue weighted by atomic mass is 79.9. The lowest BCUT2D eigenvalue weighted by atomic mass is 9.90. The van der Waals surface area contributed by atoms with Gasteiger partial charge >= 0.3 is 0 Å². The van der Waals surface area contributed by atoms with Crippen molar-refractivity contribution in [1.82, 2.24) is 0 Å². The number of hydrogen-bond acceptors (Lipinski definition) is 0. The van der Waals surface area contributed by atoms with Crippen molar-refractivity contribution in [2.75, 3.05) is 0 Å². The smallest absolute Gasteiger partial charge is 0.126 e. The summed E-state index contributed by atoms with van der Waals surface area (Å²) in [5.74, 6) is -1.10. The fourth-order valence-electron chi connectivity index (χ4n) is 2.52. The van der Waals surface area contributed by atoms with Crippen LogP contribution in [-0.4, -0.2) is 0 Å². The lowest BCUT2D eigenvalue weighted by molar-refractivity contribution is 0.580. The maximum absolute atomic E-state index is 13.4. The van der Waals surface area contributed by atoms with Crippen molar-refractivity contribution >= 4 is 15.9 Å². The fraction of sp³-hybridized carbons (Fsp3) is 0.294. The fourth-order valence-corrected chi connectivity index (χ4v) is 3.47. The zero-order valence-electron chi connectivity index (χ0n) is 12.0. The monoisotopic (exact) mass is 338 g/mol. The van der Waals surface area contributed by atoms with Gasteiger partial charge < -0.3 is 0 Å². The zero-order chi connectivity index (χ0) is 15.0. The molecule has 0 N–H and O–H groups in total. The van der Waals surface area contributed by atoms with Crippen LogP contribution < -0.4 is 0 Å². The summed E-state index contributed by atoms with van der Waals surface area (Å²) < 4.78 is 26.8. The number of halogens is 3. The Bertz CT molecular complexity index is 616. The molecule has 3 heteroatoms. The van der Waals surface area contributed by atoms with Crippen LogP contribution in [0.15, 0.2) is 24.3 Å². The van der Waals surface area contributed by atoms with Crippen molar-refractivity contribution in [2.24, 2.45) is 0 Å². The second-order valence-electron chi connectivity index (χ2n) is 5.24. The molecule has 0 aliphatic rings. The van der Waals surface area contributed by atoms with E-state index < -0.39 is 11.6 Å². The van der Waals surface area contributed by atoms with E-state index in [-0.39, 0.29) is 4.83 Å². The van der Waals surface area contributed by atoms with Crippen LogP contribution in [-0.2, 0) is 0 Å². The Balaban J connectivity index is 2.61. The molecule has 0 saturated carbocycles. The van der Waals surface area contributed by atoms with E-state index in [0.717, 1.165) is 22.8 Å². The molecule has 0 heterocycles. The van der Waals surface area contributed by atoms with E-state index in [0.29, 0.717) is 5.56 Å². The highest BCUT2D eigenvalue weighted by molar-refractivity contribution is 9.09. The van der Waals surface area contributed by atoms with Crippen molar-refractivity contribution < 1.29 is 8.78 Å². The molecule has 2 aromatic carbocycles. The summed E-state index contributed by atoms with van der Waals surface area (Å²) in [6, 6.07) is 5.78. The summed E-state index contributed by atoms with van der Waals surface area (Å²) in [6.07, 6.45) is 0. The van der Waals surface area contributed by atoms with Gasteiger partial charge in [0.2, 0.25) is 0 Å². The minimum atomic E-state index is -0.552. The molecule has 0 aliphatic heterocycles. The van der Waals surface area contributed by atoms with Crippen LogP contribution in [0.3, 0.4) is 0 Å². The third-order valence-electron chi connectivity index (χ3n) is 3.86. The summed E-state index contributed by atoms with van der Waals surface area (Å²) in [4.78, 5) is -0.216. The molecule has 0 radical (unpaired) electrons. The summed E-state index contributed by atoms with van der Waals surface area (Å²) in [6.45, 7) is 8.19. The van der Waals surface area contributed by atoms with Gasteiger partial charge in [-0.3, -0.25) is 0 Å². The lowest BCUT2D eigenvalue weighted by Crippen LogP contribution is -2.04. The van der Waals surface area contributed by atoms with Crippen LogP contribution in [0.25, 0.3) is 0 Å². The van der Waals surface area contributed by atoms with Gasteiger partial charge in [0.25, 0.3) is 0 Å². The molecule has 0 amide bonds. The maximum atomic E-state index is 13.4. The van der Waals surface area contributed by atoms with Crippen molar-refractivity contribution in [3.63, 3.8) is 0 Å². The largest absolute Gasteiger partial charge is 0.207 e. The Morgan fingerprint density at radius 1 is 0.800 bits per heavy atom. The van der Waals surface area contributed by atoms with Crippen molar-refractivity contribution in [3.05, 3.63) is 69.3 Å². The molecular formula is C17H17BrF2. The topological polar surface area (TPSA) is 0 Å². The van der Waals surface area contributed by atoms with Crippen LogP contribution in [0.5, 0.6) is 0 Å². The predicted molar refractivity (Wildman–Crippen MR) is 82.5 cm³/mol.